The highest BCUT2D eigenvalue weighted by atomic mass is 16.4. The summed E-state index contributed by atoms with van der Waals surface area (Å²) >= 11 is 0. The third-order valence-corrected chi connectivity index (χ3v) is 4.47. The first kappa shape index (κ1) is 16.2. The smallest absolute Gasteiger partial charge is 0.336 e. The number of pyridine rings is 1. The maximum Gasteiger partial charge on any atom is 0.336 e. The van der Waals surface area contributed by atoms with Gasteiger partial charge in [0.05, 0.1) is 16.8 Å². The van der Waals surface area contributed by atoms with Crippen LogP contribution in [0.2, 0.25) is 0 Å². The Kier molecular flexibility index (Phi) is 4.10. The van der Waals surface area contributed by atoms with Gasteiger partial charge in [-0.25, -0.2) is 9.78 Å². The molecule has 0 aliphatic carbocycles. The lowest BCUT2D eigenvalue weighted by atomic mass is 9.97. The molecule has 0 aliphatic rings. The molecular formula is C21H21NO2. The molecule has 0 amide bonds. The molecule has 0 aliphatic heterocycles. The Morgan fingerprint density at radius 1 is 1.00 bits per heavy atom. The number of aromatic carboxylic acids is 1. The molecule has 0 radical (unpaired) electrons. The van der Waals surface area contributed by atoms with Gasteiger partial charge in [0.1, 0.15) is 0 Å². The van der Waals surface area contributed by atoms with Crippen LogP contribution in [0.25, 0.3) is 22.2 Å². The van der Waals surface area contributed by atoms with Crippen molar-refractivity contribution < 1.29 is 9.90 Å². The normalized spacial score (nSPS) is 11.2. The van der Waals surface area contributed by atoms with Crippen LogP contribution in [0.15, 0.2) is 42.5 Å². The van der Waals surface area contributed by atoms with Crippen molar-refractivity contribution in [3.05, 3.63) is 64.7 Å². The number of fused-ring (bicyclic) bond motifs is 1. The summed E-state index contributed by atoms with van der Waals surface area (Å²) in [5.74, 6) is -0.459. The SMILES string of the molecule is Cc1ccc(C)c2c(C(=O)O)cc(-c3ccc(C(C)C)cc3)nc12. The number of rotatable bonds is 3. The van der Waals surface area contributed by atoms with Crippen molar-refractivity contribution in [3.63, 3.8) is 0 Å². The number of aryl methyl sites for hydroxylation is 2. The van der Waals surface area contributed by atoms with E-state index in [1.807, 2.05) is 38.1 Å². The van der Waals surface area contributed by atoms with Crippen LogP contribution in [-0.4, -0.2) is 16.1 Å². The predicted octanol–water partition coefficient (Wildman–Crippen LogP) is 5.34. The van der Waals surface area contributed by atoms with Gasteiger partial charge in [0.15, 0.2) is 0 Å². The maximum atomic E-state index is 11.8. The summed E-state index contributed by atoms with van der Waals surface area (Å²) < 4.78 is 0. The predicted molar refractivity (Wildman–Crippen MR) is 97.7 cm³/mol. The highest BCUT2D eigenvalue weighted by Gasteiger charge is 2.16. The van der Waals surface area contributed by atoms with E-state index in [2.05, 4.69) is 26.0 Å². The Bertz CT molecular complexity index is 925. The molecule has 1 N–H and O–H groups in total. The minimum Gasteiger partial charge on any atom is -0.478 e. The van der Waals surface area contributed by atoms with Crippen molar-refractivity contribution in [2.24, 2.45) is 0 Å². The van der Waals surface area contributed by atoms with Gasteiger partial charge in [-0.1, -0.05) is 50.2 Å². The number of carbonyl (C=O) groups is 1. The Hall–Kier alpha value is -2.68. The second kappa shape index (κ2) is 6.08. The molecule has 3 aromatic rings. The van der Waals surface area contributed by atoms with E-state index in [1.54, 1.807) is 6.07 Å². The average Bonchev–Trinajstić information content (AvgIpc) is 2.57. The van der Waals surface area contributed by atoms with E-state index in [9.17, 15) is 9.90 Å². The second-order valence-corrected chi connectivity index (χ2v) is 6.56. The lowest BCUT2D eigenvalue weighted by molar-refractivity contribution is 0.0699. The van der Waals surface area contributed by atoms with E-state index in [0.717, 1.165) is 27.6 Å². The van der Waals surface area contributed by atoms with Crippen molar-refractivity contribution in [1.82, 2.24) is 4.98 Å². The lowest BCUT2D eigenvalue weighted by Gasteiger charge is -2.12. The quantitative estimate of drug-likeness (QED) is 0.709. The third-order valence-electron chi connectivity index (χ3n) is 4.47. The molecule has 1 heterocycles. The van der Waals surface area contributed by atoms with Crippen LogP contribution in [0.3, 0.4) is 0 Å². The zero-order valence-corrected chi connectivity index (χ0v) is 14.4. The molecule has 1 aromatic heterocycles. The fraction of sp³-hybridized carbons (Fsp3) is 0.238. The van der Waals surface area contributed by atoms with Crippen molar-refractivity contribution in [1.29, 1.82) is 0 Å². The zero-order chi connectivity index (χ0) is 17.4. The van der Waals surface area contributed by atoms with Gasteiger partial charge in [0.2, 0.25) is 0 Å². The summed E-state index contributed by atoms with van der Waals surface area (Å²) in [4.78, 5) is 16.5. The standard InChI is InChI=1S/C21H21NO2/c1-12(2)15-7-9-16(10-8-15)18-11-17(21(23)24)19-13(3)5-6-14(4)20(19)22-18/h5-12H,1-4H3,(H,23,24). The van der Waals surface area contributed by atoms with Gasteiger partial charge < -0.3 is 5.11 Å². The van der Waals surface area contributed by atoms with Gasteiger partial charge in [0.25, 0.3) is 0 Å². The topological polar surface area (TPSA) is 50.2 Å². The summed E-state index contributed by atoms with van der Waals surface area (Å²) in [5.41, 5.74) is 5.88. The average molecular weight is 319 g/mol. The first-order chi connectivity index (χ1) is 11.4. The summed E-state index contributed by atoms with van der Waals surface area (Å²) in [5, 5.41) is 10.4. The number of hydrogen-bond acceptors (Lipinski definition) is 2. The molecule has 122 valence electrons. The molecule has 3 heteroatoms. The van der Waals surface area contributed by atoms with E-state index in [-0.39, 0.29) is 0 Å². The molecule has 0 unspecified atom stereocenters. The molecule has 2 aromatic carbocycles. The van der Waals surface area contributed by atoms with Crippen LogP contribution in [-0.2, 0) is 0 Å². The van der Waals surface area contributed by atoms with Crippen LogP contribution in [0.5, 0.6) is 0 Å². The number of benzene rings is 2. The summed E-state index contributed by atoms with van der Waals surface area (Å²) in [6.45, 7) is 8.19. The lowest BCUT2D eigenvalue weighted by Crippen LogP contribution is -2.02. The Morgan fingerprint density at radius 2 is 1.62 bits per heavy atom. The molecule has 3 nitrogen and oxygen atoms in total. The van der Waals surface area contributed by atoms with Gasteiger partial charge in [0, 0.05) is 10.9 Å². The monoisotopic (exact) mass is 319 g/mol. The minimum atomic E-state index is -0.920. The molecular weight excluding hydrogens is 298 g/mol. The third kappa shape index (κ3) is 2.78. The number of carboxylic acids is 1. The van der Waals surface area contributed by atoms with E-state index >= 15 is 0 Å². The maximum absolute atomic E-state index is 11.8. The molecule has 3 rings (SSSR count). The van der Waals surface area contributed by atoms with Crippen molar-refractivity contribution in [2.45, 2.75) is 33.6 Å². The Balaban J connectivity index is 2.26. The number of hydrogen-bond donors (Lipinski definition) is 1. The number of nitrogens with zero attached hydrogens (tertiary/aromatic N) is 1. The van der Waals surface area contributed by atoms with Crippen LogP contribution < -0.4 is 0 Å². The zero-order valence-electron chi connectivity index (χ0n) is 14.4. The highest BCUT2D eigenvalue weighted by molar-refractivity contribution is 6.05. The molecule has 0 fully saturated rings. The van der Waals surface area contributed by atoms with Gasteiger partial charge in [-0.15, -0.1) is 0 Å². The minimum absolute atomic E-state index is 0.309. The Labute approximate surface area is 142 Å². The van der Waals surface area contributed by atoms with Crippen LogP contribution in [0.1, 0.15) is 46.8 Å². The summed E-state index contributed by atoms with van der Waals surface area (Å²) in [6, 6.07) is 13.8. The second-order valence-electron chi connectivity index (χ2n) is 6.56. The Morgan fingerprint density at radius 3 is 2.21 bits per heavy atom. The highest BCUT2D eigenvalue weighted by Crippen LogP contribution is 2.29. The van der Waals surface area contributed by atoms with E-state index in [0.29, 0.717) is 17.2 Å². The van der Waals surface area contributed by atoms with E-state index < -0.39 is 5.97 Å². The molecule has 0 spiro atoms. The van der Waals surface area contributed by atoms with E-state index in [4.69, 9.17) is 4.98 Å². The summed E-state index contributed by atoms with van der Waals surface area (Å²) in [7, 11) is 0. The number of carboxylic acid groups (broad SMARTS) is 1. The summed E-state index contributed by atoms with van der Waals surface area (Å²) in [6.07, 6.45) is 0. The molecule has 0 saturated heterocycles. The molecule has 0 saturated carbocycles. The van der Waals surface area contributed by atoms with Crippen LogP contribution in [0, 0.1) is 13.8 Å². The van der Waals surface area contributed by atoms with Crippen LogP contribution in [0.4, 0.5) is 0 Å². The number of aromatic nitrogens is 1. The van der Waals surface area contributed by atoms with Crippen molar-refractivity contribution in [3.8, 4) is 11.3 Å². The van der Waals surface area contributed by atoms with E-state index in [1.165, 1.54) is 5.56 Å². The molecule has 0 bridgehead atoms. The van der Waals surface area contributed by atoms with Gasteiger partial charge in [-0.3, -0.25) is 0 Å². The first-order valence-electron chi connectivity index (χ1n) is 8.13. The van der Waals surface area contributed by atoms with Crippen molar-refractivity contribution >= 4 is 16.9 Å². The largest absolute Gasteiger partial charge is 0.478 e. The fourth-order valence-corrected chi connectivity index (χ4v) is 3.00. The van der Waals surface area contributed by atoms with Gasteiger partial charge >= 0.3 is 5.97 Å². The fourth-order valence-electron chi connectivity index (χ4n) is 3.00. The van der Waals surface area contributed by atoms with Crippen LogP contribution >= 0.6 is 0 Å². The first-order valence-corrected chi connectivity index (χ1v) is 8.13. The van der Waals surface area contributed by atoms with Crippen molar-refractivity contribution in [2.75, 3.05) is 0 Å². The molecule has 24 heavy (non-hydrogen) atoms. The van der Waals surface area contributed by atoms with Gasteiger partial charge in [-0.05, 0) is 42.5 Å². The molecule has 0 atom stereocenters. The van der Waals surface area contributed by atoms with Gasteiger partial charge in [-0.2, -0.15) is 0 Å².